The molecular weight excluding hydrogens is 518 g/mol. The maximum Gasteiger partial charge on any atom is 0.310 e. The van der Waals surface area contributed by atoms with E-state index < -0.39 is 0 Å². The number of amides is 1. The third-order valence-corrected chi connectivity index (χ3v) is 6.46. The standard InChI is InChI=1S/C27H25BrClNO4/c1-2-33-27(32)13-18-4-3-5-24(12-18)34-25-11-8-22(28)14-21(25)17-30-16-20(15-26(30)31)19-6-9-23(29)10-7-19/h3-12,14,20H,2,13,15-17H2,1H3. The Kier molecular flexibility index (Phi) is 7.91. The van der Waals surface area contributed by atoms with Crippen LogP contribution in [0, 0.1) is 0 Å². The first kappa shape index (κ1) is 24.3. The minimum atomic E-state index is -0.272. The largest absolute Gasteiger partial charge is 0.466 e. The SMILES string of the molecule is CCOC(=O)Cc1cccc(Oc2ccc(Br)cc2CN2CC(c3ccc(Cl)cc3)CC2=O)c1. The zero-order chi connectivity index (χ0) is 24.1. The molecule has 176 valence electrons. The van der Waals surface area contributed by atoms with E-state index in [0.29, 0.717) is 42.6 Å². The number of hydrogen-bond donors (Lipinski definition) is 0. The topological polar surface area (TPSA) is 55.8 Å². The third-order valence-electron chi connectivity index (χ3n) is 5.72. The van der Waals surface area contributed by atoms with Crippen LogP contribution in [0.4, 0.5) is 0 Å². The van der Waals surface area contributed by atoms with E-state index in [1.165, 1.54) is 0 Å². The predicted octanol–water partition coefficient (Wildman–Crippen LogP) is 6.52. The number of nitrogens with zero attached hydrogens (tertiary/aromatic N) is 1. The second-order valence-corrected chi connectivity index (χ2v) is 9.56. The van der Waals surface area contributed by atoms with Crippen LogP contribution in [0.25, 0.3) is 0 Å². The minimum absolute atomic E-state index is 0.113. The highest BCUT2D eigenvalue weighted by Crippen LogP contribution is 2.34. The molecule has 0 aliphatic carbocycles. The molecule has 3 aromatic rings. The van der Waals surface area contributed by atoms with Gasteiger partial charge in [0.1, 0.15) is 11.5 Å². The number of ether oxygens (including phenoxy) is 2. The molecule has 0 N–H and O–H groups in total. The Morgan fingerprint density at radius 2 is 1.91 bits per heavy atom. The van der Waals surface area contributed by atoms with Crippen molar-refractivity contribution < 1.29 is 19.1 Å². The Bertz CT molecular complexity index is 1180. The molecule has 34 heavy (non-hydrogen) atoms. The summed E-state index contributed by atoms with van der Waals surface area (Å²) in [5.74, 6) is 1.27. The number of hydrogen-bond acceptors (Lipinski definition) is 4. The summed E-state index contributed by atoms with van der Waals surface area (Å²) in [7, 11) is 0. The average molecular weight is 543 g/mol. The van der Waals surface area contributed by atoms with Crippen LogP contribution in [-0.2, 0) is 27.3 Å². The molecular formula is C27H25BrClNO4. The van der Waals surface area contributed by atoms with E-state index >= 15 is 0 Å². The second kappa shape index (κ2) is 11.1. The Morgan fingerprint density at radius 3 is 2.68 bits per heavy atom. The first-order valence-corrected chi connectivity index (χ1v) is 12.3. The molecule has 0 spiro atoms. The molecule has 4 rings (SSSR count). The van der Waals surface area contributed by atoms with Crippen molar-refractivity contribution in [3.63, 3.8) is 0 Å². The van der Waals surface area contributed by atoms with Gasteiger partial charge in [0, 0.05) is 40.5 Å². The molecule has 0 radical (unpaired) electrons. The van der Waals surface area contributed by atoms with Crippen LogP contribution >= 0.6 is 27.5 Å². The fourth-order valence-electron chi connectivity index (χ4n) is 4.08. The van der Waals surface area contributed by atoms with Crippen molar-refractivity contribution in [1.82, 2.24) is 4.90 Å². The summed E-state index contributed by atoms with van der Waals surface area (Å²) in [6.07, 6.45) is 0.661. The predicted molar refractivity (Wildman–Crippen MR) is 135 cm³/mol. The summed E-state index contributed by atoms with van der Waals surface area (Å²) in [4.78, 5) is 26.5. The van der Waals surface area contributed by atoms with Crippen molar-refractivity contribution in [2.75, 3.05) is 13.2 Å². The summed E-state index contributed by atoms with van der Waals surface area (Å²) in [5.41, 5.74) is 2.83. The molecule has 1 unspecified atom stereocenters. The van der Waals surface area contributed by atoms with Crippen LogP contribution in [0.3, 0.4) is 0 Å². The monoisotopic (exact) mass is 541 g/mol. The maximum atomic E-state index is 12.8. The first-order valence-electron chi connectivity index (χ1n) is 11.2. The summed E-state index contributed by atoms with van der Waals surface area (Å²) < 4.78 is 12.1. The van der Waals surface area contributed by atoms with Gasteiger partial charge < -0.3 is 14.4 Å². The maximum absolute atomic E-state index is 12.8. The second-order valence-electron chi connectivity index (χ2n) is 8.21. The van der Waals surface area contributed by atoms with E-state index in [1.54, 1.807) is 6.92 Å². The van der Waals surface area contributed by atoms with Crippen molar-refractivity contribution >= 4 is 39.4 Å². The summed E-state index contributed by atoms with van der Waals surface area (Å²) in [5, 5.41) is 0.687. The van der Waals surface area contributed by atoms with E-state index in [1.807, 2.05) is 71.6 Å². The highest BCUT2D eigenvalue weighted by Gasteiger charge is 2.31. The van der Waals surface area contributed by atoms with Crippen LogP contribution in [0.15, 0.2) is 71.2 Å². The lowest BCUT2D eigenvalue weighted by Crippen LogP contribution is -2.24. The van der Waals surface area contributed by atoms with Gasteiger partial charge in [0.05, 0.1) is 13.0 Å². The van der Waals surface area contributed by atoms with Gasteiger partial charge in [-0.2, -0.15) is 0 Å². The lowest BCUT2D eigenvalue weighted by atomic mass is 9.98. The summed E-state index contributed by atoms with van der Waals surface area (Å²) >= 11 is 9.54. The number of benzene rings is 3. The van der Waals surface area contributed by atoms with Crippen molar-refractivity contribution in [3.05, 3.63) is 92.9 Å². The number of esters is 1. The molecule has 1 fully saturated rings. The van der Waals surface area contributed by atoms with Crippen molar-refractivity contribution in [2.24, 2.45) is 0 Å². The van der Waals surface area contributed by atoms with Crippen molar-refractivity contribution in [3.8, 4) is 11.5 Å². The molecule has 0 aromatic heterocycles. The van der Waals surface area contributed by atoms with Gasteiger partial charge in [-0.05, 0) is 60.5 Å². The van der Waals surface area contributed by atoms with Crippen LogP contribution in [0.2, 0.25) is 5.02 Å². The van der Waals surface area contributed by atoms with E-state index in [4.69, 9.17) is 21.1 Å². The van der Waals surface area contributed by atoms with Gasteiger partial charge >= 0.3 is 5.97 Å². The number of halogens is 2. The average Bonchev–Trinajstić information content (AvgIpc) is 3.16. The van der Waals surface area contributed by atoms with Crippen molar-refractivity contribution in [2.45, 2.75) is 32.2 Å². The number of likely N-dealkylation sites (tertiary alicyclic amines) is 1. The van der Waals surface area contributed by atoms with Gasteiger partial charge in [0.15, 0.2) is 0 Å². The quantitative estimate of drug-likeness (QED) is 0.304. The zero-order valence-corrected chi connectivity index (χ0v) is 21.1. The third kappa shape index (κ3) is 6.19. The Hall–Kier alpha value is -2.83. The van der Waals surface area contributed by atoms with Gasteiger partial charge in [-0.25, -0.2) is 0 Å². The van der Waals surface area contributed by atoms with Crippen LogP contribution in [0.1, 0.15) is 36.0 Å². The fraction of sp³-hybridized carbons (Fsp3) is 0.259. The Balaban J connectivity index is 1.49. The van der Waals surface area contributed by atoms with Gasteiger partial charge in [0.25, 0.3) is 0 Å². The normalized spacial score (nSPS) is 15.4. The molecule has 1 aliphatic rings. The molecule has 5 nitrogen and oxygen atoms in total. The van der Waals surface area contributed by atoms with Gasteiger partial charge in [-0.3, -0.25) is 9.59 Å². The molecule has 0 bridgehead atoms. The van der Waals surface area contributed by atoms with Crippen LogP contribution < -0.4 is 4.74 Å². The summed E-state index contributed by atoms with van der Waals surface area (Å²) in [6.45, 7) is 3.22. The molecule has 1 saturated heterocycles. The summed E-state index contributed by atoms with van der Waals surface area (Å²) in [6, 6.07) is 20.9. The van der Waals surface area contributed by atoms with E-state index in [2.05, 4.69) is 15.9 Å². The Morgan fingerprint density at radius 1 is 1.12 bits per heavy atom. The van der Waals surface area contributed by atoms with Gasteiger partial charge in [0.2, 0.25) is 5.91 Å². The highest BCUT2D eigenvalue weighted by molar-refractivity contribution is 9.10. The lowest BCUT2D eigenvalue weighted by Gasteiger charge is -2.20. The molecule has 1 atom stereocenters. The van der Waals surface area contributed by atoms with E-state index in [0.717, 1.165) is 21.2 Å². The molecule has 1 heterocycles. The number of carbonyl (C=O) groups is 2. The molecule has 3 aromatic carbocycles. The van der Waals surface area contributed by atoms with Crippen molar-refractivity contribution in [1.29, 1.82) is 0 Å². The minimum Gasteiger partial charge on any atom is -0.466 e. The highest BCUT2D eigenvalue weighted by atomic mass is 79.9. The Labute approximate surface area is 212 Å². The lowest BCUT2D eigenvalue weighted by molar-refractivity contribution is -0.142. The van der Waals surface area contributed by atoms with Gasteiger partial charge in [-0.1, -0.05) is 51.8 Å². The molecule has 7 heteroatoms. The van der Waals surface area contributed by atoms with Gasteiger partial charge in [-0.15, -0.1) is 0 Å². The fourth-order valence-corrected chi connectivity index (χ4v) is 4.62. The van der Waals surface area contributed by atoms with Crippen LogP contribution in [-0.4, -0.2) is 29.9 Å². The smallest absolute Gasteiger partial charge is 0.310 e. The molecule has 1 amide bonds. The van der Waals surface area contributed by atoms with Crippen LogP contribution in [0.5, 0.6) is 11.5 Å². The molecule has 0 saturated carbocycles. The molecule has 1 aliphatic heterocycles. The number of rotatable bonds is 8. The zero-order valence-electron chi connectivity index (χ0n) is 18.8. The van der Waals surface area contributed by atoms with E-state index in [9.17, 15) is 9.59 Å². The van der Waals surface area contributed by atoms with E-state index in [-0.39, 0.29) is 24.2 Å². The number of carbonyl (C=O) groups excluding carboxylic acids is 2. The first-order chi connectivity index (χ1) is 16.4.